The molecule has 0 aliphatic rings. The third-order valence-electron chi connectivity index (χ3n) is 1.67. The fraction of sp³-hybridized carbons (Fsp3) is 0.333. The third kappa shape index (κ3) is 4.35. The zero-order valence-corrected chi connectivity index (χ0v) is 11.3. The van der Waals surface area contributed by atoms with E-state index in [9.17, 15) is 8.42 Å². The Labute approximate surface area is 103 Å². The molecule has 0 aromatic heterocycles. The molecule has 84 valence electrons. The lowest BCUT2D eigenvalue weighted by Crippen LogP contribution is -2.04. The first-order valence-corrected chi connectivity index (χ1v) is 6.99. The van der Waals surface area contributed by atoms with Gasteiger partial charge in [-0.15, -0.1) is 0 Å². The predicted octanol–water partition coefficient (Wildman–Crippen LogP) is 1.78. The van der Waals surface area contributed by atoms with Gasteiger partial charge in [0.15, 0.2) is 0 Å². The molecule has 0 amide bonds. The first kappa shape index (κ1) is 12.7. The monoisotopic (exact) mass is 342 g/mol. The van der Waals surface area contributed by atoms with Crippen LogP contribution in [0.1, 0.15) is 5.56 Å². The minimum atomic E-state index is -3.42. The lowest BCUT2D eigenvalue weighted by molar-refractivity contribution is 0.302. The molecule has 0 unspecified atom stereocenters. The largest absolute Gasteiger partial charge is 0.496 e. The average molecular weight is 342 g/mol. The molecule has 6 heteroatoms. The van der Waals surface area contributed by atoms with Gasteiger partial charge < -0.3 is 4.74 Å². The van der Waals surface area contributed by atoms with Crippen molar-refractivity contribution in [1.29, 1.82) is 0 Å². The Morgan fingerprint density at radius 2 is 2.07 bits per heavy atom. The van der Waals surface area contributed by atoms with Gasteiger partial charge in [-0.3, -0.25) is 4.18 Å². The summed E-state index contributed by atoms with van der Waals surface area (Å²) in [7, 11) is -1.88. The first-order chi connectivity index (χ1) is 6.92. The first-order valence-electron chi connectivity index (χ1n) is 4.09. The molecular weight excluding hydrogens is 331 g/mol. The van der Waals surface area contributed by atoms with Gasteiger partial charge in [0.05, 0.1) is 20.0 Å². The fourth-order valence-corrected chi connectivity index (χ4v) is 1.93. The second-order valence-electron chi connectivity index (χ2n) is 2.92. The average Bonchev–Trinajstić information content (AvgIpc) is 2.14. The van der Waals surface area contributed by atoms with Crippen LogP contribution in [0.2, 0.25) is 0 Å². The molecular formula is C9H11IO4S. The molecule has 0 bridgehead atoms. The van der Waals surface area contributed by atoms with Crippen LogP contribution in [0.15, 0.2) is 18.2 Å². The van der Waals surface area contributed by atoms with Crippen molar-refractivity contribution in [3.05, 3.63) is 27.3 Å². The van der Waals surface area contributed by atoms with Crippen molar-refractivity contribution in [2.45, 2.75) is 6.61 Å². The molecule has 0 heterocycles. The van der Waals surface area contributed by atoms with Gasteiger partial charge in [0.25, 0.3) is 10.1 Å². The lowest BCUT2D eigenvalue weighted by Gasteiger charge is -2.08. The van der Waals surface area contributed by atoms with E-state index in [0.29, 0.717) is 5.75 Å². The molecule has 4 nitrogen and oxygen atoms in total. The summed E-state index contributed by atoms with van der Waals surface area (Å²) in [6.45, 7) is -0.00114. The number of methoxy groups -OCH3 is 1. The minimum Gasteiger partial charge on any atom is -0.496 e. The van der Waals surface area contributed by atoms with E-state index in [-0.39, 0.29) is 6.61 Å². The summed E-state index contributed by atoms with van der Waals surface area (Å²) < 4.78 is 32.4. The number of rotatable bonds is 4. The van der Waals surface area contributed by atoms with Gasteiger partial charge in [-0.2, -0.15) is 8.42 Å². The molecule has 0 fully saturated rings. The highest BCUT2D eigenvalue weighted by atomic mass is 127. The molecule has 0 radical (unpaired) electrons. The van der Waals surface area contributed by atoms with Crippen LogP contribution >= 0.6 is 22.6 Å². The molecule has 0 aliphatic heterocycles. The van der Waals surface area contributed by atoms with Gasteiger partial charge in [-0.25, -0.2) is 0 Å². The molecule has 0 spiro atoms. The van der Waals surface area contributed by atoms with E-state index in [1.807, 2.05) is 12.1 Å². The fourth-order valence-electron chi connectivity index (χ4n) is 1.03. The molecule has 1 rings (SSSR count). The summed E-state index contributed by atoms with van der Waals surface area (Å²) in [6.07, 6.45) is 1.02. The molecule has 0 aliphatic carbocycles. The van der Waals surface area contributed by atoms with Crippen molar-refractivity contribution >= 4 is 32.7 Å². The topological polar surface area (TPSA) is 52.6 Å². The van der Waals surface area contributed by atoms with Crippen LogP contribution in [0.5, 0.6) is 5.75 Å². The third-order valence-corrected chi connectivity index (χ3v) is 2.89. The standard InChI is InChI=1S/C9H11IO4S/c1-13-9-4-3-8(10)5-7(9)6-14-15(2,11)12/h3-5H,6H2,1-2H3. The second-order valence-corrected chi connectivity index (χ2v) is 5.81. The second kappa shape index (κ2) is 5.13. The van der Waals surface area contributed by atoms with Gasteiger partial charge in [-0.05, 0) is 40.8 Å². The molecule has 0 atom stereocenters. The zero-order chi connectivity index (χ0) is 11.5. The Hall–Kier alpha value is -0.340. The highest BCUT2D eigenvalue weighted by Crippen LogP contribution is 2.22. The van der Waals surface area contributed by atoms with Crippen LogP contribution in [0.25, 0.3) is 0 Å². The molecule has 0 N–H and O–H groups in total. The molecule has 15 heavy (non-hydrogen) atoms. The van der Waals surface area contributed by atoms with E-state index >= 15 is 0 Å². The van der Waals surface area contributed by atoms with Crippen LogP contribution in [0.3, 0.4) is 0 Å². The summed E-state index contributed by atoms with van der Waals surface area (Å²) in [6, 6.07) is 5.48. The normalized spacial score (nSPS) is 11.4. The van der Waals surface area contributed by atoms with E-state index in [0.717, 1.165) is 15.4 Å². The Morgan fingerprint density at radius 3 is 2.60 bits per heavy atom. The molecule has 0 saturated carbocycles. The van der Waals surface area contributed by atoms with Gasteiger partial charge in [-0.1, -0.05) is 0 Å². The van der Waals surface area contributed by atoms with Crippen molar-refractivity contribution < 1.29 is 17.3 Å². The summed E-state index contributed by atoms with van der Waals surface area (Å²) in [5, 5.41) is 0. The van der Waals surface area contributed by atoms with Crippen molar-refractivity contribution in [3.63, 3.8) is 0 Å². The van der Waals surface area contributed by atoms with Crippen LogP contribution in [0.4, 0.5) is 0 Å². The van der Waals surface area contributed by atoms with Crippen molar-refractivity contribution in [2.24, 2.45) is 0 Å². The van der Waals surface area contributed by atoms with Gasteiger partial charge >= 0.3 is 0 Å². The Morgan fingerprint density at radius 1 is 1.40 bits per heavy atom. The highest BCUT2D eigenvalue weighted by molar-refractivity contribution is 14.1. The zero-order valence-electron chi connectivity index (χ0n) is 8.36. The lowest BCUT2D eigenvalue weighted by atomic mass is 10.2. The Balaban J connectivity index is 2.88. The van der Waals surface area contributed by atoms with Gasteiger partial charge in [0.1, 0.15) is 5.75 Å². The van der Waals surface area contributed by atoms with E-state index in [4.69, 9.17) is 8.92 Å². The summed E-state index contributed by atoms with van der Waals surface area (Å²) >= 11 is 2.14. The Bertz CT molecular complexity index is 441. The number of hydrogen-bond donors (Lipinski definition) is 0. The van der Waals surface area contributed by atoms with E-state index in [2.05, 4.69) is 22.6 Å². The maximum Gasteiger partial charge on any atom is 0.264 e. The summed E-state index contributed by atoms with van der Waals surface area (Å²) in [4.78, 5) is 0. The van der Waals surface area contributed by atoms with Crippen LogP contribution in [0, 0.1) is 3.57 Å². The summed E-state index contributed by atoms with van der Waals surface area (Å²) in [5.74, 6) is 0.624. The van der Waals surface area contributed by atoms with Crippen LogP contribution < -0.4 is 4.74 Å². The quantitative estimate of drug-likeness (QED) is 0.618. The van der Waals surface area contributed by atoms with Crippen LogP contribution in [-0.2, 0) is 20.9 Å². The highest BCUT2D eigenvalue weighted by Gasteiger charge is 2.07. The number of hydrogen-bond acceptors (Lipinski definition) is 4. The van der Waals surface area contributed by atoms with E-state index < -0.39 is 10.1 Å². The number of ether oxygens (including phenoxy) is 1. The van der Waals surface area contributed by atoms with Crippen molar-refractivity contribution in [2.75, 3.05) is 13.4 Å². The van der Waals surface area contributed by atoms with Crippen molar-refractivity contribution in [3.8, 4) is 5.75 Å². The molecule has 1 aromatic carbocycles. The van der Waals surface area contributed by atoms with Gasteiger partial charge in [0, 0.05) is 9.13 Å². The number of benzene rings is 1. The number of halogens is 1. The summed E-state index contributed by atoms with van der Waals surface area (Å²) in [5.41, 5.74) is 0.717. The van der Waals surface area contributed by atoms with Gasteiger partial charge in [0.2, 0.25) is 0 Å². The SMILES string of the molecule is COc1ccc(I)cc1COS(C)(=O)=O. The minimum absolute atomic E-state index is 0.00114. The Kier molecular flexibility index (Phi) is 4.35. The maximum atomic E-state index is 10.8. The maximum absolute atomic E-state index is 10.8. The van der Waals surface area contributed by atoms with Crippen molar-refractivity contribution in [1.82, 2.24) is 0 Å². The predicted molar refractivity (Wildman–Crippen MR) is 65.3 cm³/mol. The van der Waals surface area contributed by atoms with Crippen LogP contribution in [-0.4, -0.2) is 21.8 Å². The van der Waals surface area contributed by atoms with E-state index in [1.54, 1.807) is 6.07 Å². The van der Waals surface area contributed by atoms with E-state index in [1.165, 1.54) is 7.11 Å². The molecule has 1 aromatic rings. The molecule has 0 saturated heterocycles. The smallest absolute Gasteiger partial charge is 0.264 e.